The number of ketones is 1. The van der Waals surface area contributed by atoms with E-state index in [2.05, 4.69) is 11.9 Å². The van der Waals surface area contributed by atoms with Crippen LogP contribution < -0.4 is 5.56 Å². The lowest BCUT2D eigenvalue weighted by molar-refractivity contribution is 0.0970. The third kappa shape index (κ3) is 3.04. The molecule has 24 heavy (non-hydrogen) atoms. The number of hydrogen-bond donors (Lipinski definition) is 0. The third-order valence-corrected chi connectivity index (χ3v) is 5.40. The number of nitrogens with zero attached hydrogens (tertiary/aromatic N) is 2. The number of benzene rings is 1. The van der Waals surface area contributed by atoms with Crippen LogP contribution in [0.4, 0.5) is 0 Å². The second kappa shape index (κ2) is 6.69. The second-order valence-electron chi connectivity index (χ2n) is 6.01. The number of aryl methyl sites for hydroxylation is 3. The van der Waals surface area contributed by atoms with Gasteiger partial charge in [0, 0.05) is 10.4 Å². The van der Waals surface area contributed by atoms with Gasteiger partial charge in [0.05, 0.1) is 18.3 Å². The Bertz CT molecular complexity index is 952. The van der Waals surface area contributed by atoms with Gasteiger partial charge in [-0.05, 0) is 31.4 Å². The number of carbonyl (C=O) groups excluding carboxylic acids is 1. The molecule has 0 aliphatic carbocycles. The Morgan fingerprint density at radius 1 is 1.21 bits per heavy atom. The van der Waals surface area contributed by atoms with Gasteiger partial charge in [-0.15, -0.1) is 11.3 Å². The first-order chi connectivity index (χ1) is 11.5. The van der Waals surface area contributed by atoms with Gasteiger partial charge in [0.1, 0.15) is 4.83 Å². The standard InChI is InChI=1S/C19H20N2O2S/c1-4-5-14-6-8-15(9-7-14)16(22)10-21-11-20-18-17(19(21)23)12(2)13(3)24-18/h6-9,11H,4-5,10H2,1-3H3. The minimum atomic E-state index is -0.141. The van der Waals surface area contributed by atoms with Crippen molar-refractivity contribution in [1.29, 1.82) is 0 Å². The summed E-state index contributed by atoms with van der Waals surface area (Å²) in [5.41, 5.74) is 2.66. The lowest BCUT2D eigenvalue weighted by Crippen LogP contribution is -2.24. The van der Waals surface area contributed by atoms with Crippen molar-refractivity contribution in [3.63, 3.8) is 0 Å². The molecular weight excluding hydrogens is 320 g/mol. The van der Waals surface area contributed by atoms with Gasteiger partial charge in [-0.3, -0.25) is 14.2 Å². The average molecular weight is 340 g/mol. The van der Waals surface area contributed by atoms with Gasteiger partial charge in [0.25, 0.3) is 5.56 Å². The van der Waals surface area contributed by atoms with Gasteiger partial charge in [-0.2, -0.15) is 0 Å². The zero-order chi connectivity index (χ0) is 17.3. The van der Waals surface area contributed by atoms with Crippen molar-refractivity contribution in [2.24, 2.45) is 0 Å². The Labute approximate surface area is 144 Å². The Kier molecular flexibility index (Phi) is 4.62. The van der Waals surface area contributed by atoms with Crippen LogP contribution in [0, 0.1) is 13.8 Å². The zero-order valence-electron chi connectivity index (χ0n) is 14.1. The minimum Gasteiger partial charge on any atom is -0.292 e. The highest BCUT2D eigenvalue weighted by molar-refractivity contribution is 7.18. The van der Waals surface area contributed by atoms with E-state index in [1.54, 1.807) is 0 Å². The van der Waals surface area contributed by atoms with E-state index in [1.165, 1.54) is 27.8 Å². The van der Waals surface area contributed by atoms with Crippen LogP contribution in [0.25, 0.3) is 10.2 Å². The van der Waals surface area contributed by atoms with Crippen LogP contribution in [0.15, 0.2) is 35.4 Å². The van der Waals surface area contributed by atoms with Crippen LogP contribution in [0.2, 0.25) is 0 Å². The summed E-state index contributed by atoms with van der Waals surface area (Å²) >= 11 is 1.51. The highest BCUT2D eigenvalue weighted by atomic mass is 32.1. The Balaban J connectivity index is 1.89. The minimum absolute atomic E-state index is 0.0171. The van der Waals surface area contributed by atoms with Crippen molar-refractivity contribution in [2.45, 2.75) is 40.2 Å². The van der Waals surface area contributed by atoms with Crippen LogP contribution >= 0.6 is 11.3 Å². The molecule has 124 valence electrons. The van der Waals surface area contributed by atoms with E-state index < -0.39 is 0 Å². The molecule has 0 saturated carbocycles. The summed E-state index contributed by atoms with van der Waals surface area (Å²) in [5, 5.41) is 0.631. The summed E-state index contributed by atoms with van der Waals surface area (Å²) in [4.78, 5) is 31.3. The summed E-state index contributed by atoms with van der Waals surface area (Å²) in [5.74, 6) is -0.0779. The lowest BCUT2D eigenvalue weighted by Gasteiger charge is -2.06. The second-order valence-corrected chi connectivity index (χ2v) is 7.21. The number of fused-ring (bicyclic) bond motifs is 1. The van der Waals surface area contributed by atoms with E-state index >= 15 is 0 Å². The Morgan fingerprint density at radius 2 is 1.92 bits per heavy atom. The molecule has 5 heteroatoms. The first-order valence-electron chi connectivity index (χ1n) is 8.08. The molecule has 0 N–H and O–H groups in total. The molecule has 0 aliphatic heterocycles. The van der Waals surface area contributed by atoms with E-state index in [-0.39, 0.29) is 17.9 Å². The maximum absolute atomic E-state index is 12.6. The molecule has 4 nitrogen and oxygen atoms in total. The number of thiophene rings is 1. The van der Waals surface area contributed by atoms with E-state index in [9.17, 15) is 9.59 Å². The van der Waals surface area contributed by atoms with Crippen molar-refractivity contribution < 1.29 is 4.79 Å². The summed E-state index contributed by atoms with van der Waals surface area (Å²) in [6.07, 6.45) is 3.56. The normalized spacial score (nSPS) is 11.1. The van der Waals surface area contributed by atoms with Crippen LogP contribution in [0.3, 0.4) is 0 Å². The van der Waals surface area contributed by atoms with E-state index in [4.69, 9.17) is 0 Å². The molecule has 0 aliphatic rings. The smallest absolute Gasteiger partial charge is 0.262 e. The molecule has 0 spiro atoms. The van der Waals surface area contributed by atoms with Crippen LogP contribution in [-0.2, 0) is 13.0 Å². The summed E-state index contributed by atoms with van der Waals surface area (Å²) in [6, 6.07) is 7.63. The molecule has 0 amide bonds. The number of hydrogen-bond acceptors (Lipinski definition) is 4. The van der Waals surface area contributed by atoms with Gasteiger partial charge >= 0.3 is 0 Å². The molecule has 0 fully saturated rings. The van der Waals surface area contributed by atoms with Crippen molar-refractivity contribution in [3.8, 4) is 0 Å². The highest BCUT2D eigenvalue weighted by Crippen LogP contribution is 2.25. The largest absolute Gasteiger partial charge is 0.292 e. The van der Waals surface area contributed by atoms with E-state index in [0.717, 1.165) is 28.1 Å². The molecule has 0 saturated heterocycles. The average Bonchev–Trinajstić information content (AvgIpc) is 2.86. The molecule has 0 unspecified atom stereocenters. The molecule has 0 bridgehead atoms. The fourth-order valence-corrected chi connectivity index (χ4v) is 3.76. The van der Waals surface area contributed by atoms with Crippen LogP contribution in [0.1, 0.15) is 39.7 Å². The topological polar surface area (TPSA) is 52.0 Å². The predicted octanol–water partition coefficient (Wildman–Crippen LogP) is 3.91. The maximum atomic E-state index is 12.6. The molecule has 0 radical (unpaired) electrons. The fourth-order valence-electron chi connectivity index (χ4n) is 2.77. The number of aromatic nitrogens is 2. The van der Waals surface area contributed by atoms with Gasteiger partial charge < -0.3 is 0 Å². The van der Waals surface area contributed by atoms with Crippen molar-refractivity contribution in [2.75, 3.05) is 0 Å². The quantitative estimate of drug-likeness (QED) is 0.662. The van der Waals surface area contributed by atoms with Crippen molar-refractivity contribution >= 4 is 27.3 Å². The van der Waals surface area contributed by atoms with Gasteiger partial charge in [0.2, 0.25) is 0 Å². The van der Waals surface area contributed by atoms with Gasteiger partial charge in [-0.25, -0.2) is 4.98 Å². The number of carbonyl (C=O) groups is 1. The highest BCUT2D eigenvalue weighted by Gasteiger charge is 2.14. The number of rotatable bonds is 5. The molecule has 1 aromatic carbocycles. The van der Waals surface area contributed by atoms with Crippen molar-refractivity contribution in [3.05, 3.63) is 62.5 Å². The summed E-state index contributed by atoms with van der Waals surface area (Å²) < 4.78 is 1.41. The zero-order valence-corrected chi connectivity index (χ0v) is 14.9. The number of Topliss-reactive ketones (excluding diaryl/α,β-unsaturated/α-hetero) is 1. The molecule has 3 rings (SSSR count). The van der Waals surface area contributed by atoms with E-state index in [0.29, 0.717) is 10.9 Å². The van der Waals surface area contributed by atoms with Gasteiger partial charge in [0.15, 0.2) is 5.78 Å². The van der Waals surface area contributed by atoms with Crippen LogP contribution in [-0.4, -0.2) is 15.3 Å². The van der Waals surface area contributed by atoms with Gasteiger partial charge in [-0.1, -0.05) is 37.6 Å². The fraction of sp³-hybridized carbons (Fsp3) is 0.316. The summed E-state index contributed by atoms with van der Waals surface area (Å²) in [6.45, 7) is 6.05. The molecule has 2 aromatic heterocycles. The monoisotopic (exact) mass is 340 g/mol. The molecule has 3 aromatic rings. The Morgan fingerprint density at radius 3 is 2.58 bits per heavy atom. The first-order valence-corrected chi connectivity index (χ1v) is 8.90. The van der Waals surface area contributed by atoms with Crippen molar-refractivity contribution in [1.82, 2.24) is 9.55 Å². The maximum Gasteiger partial charge on any atom is 0.262 e. The van der Waals surface area contributed by atoms with Crippen LogP contribution in [0.5, 0.6) is 0 Å². The molecule has 2 heterocycles. The summed E-state index contributed by atoms with van der Waals surface area (Å²) in [7, 11) is 0. The predicted molar refractivity (Wildman–Crippen MR) is 98.1 cm³/mol. The Hall–Kier alpha value is -2.27. The SMILES string of the molecule is CCCc1ccc(C(=O)Cn2cnc3sc(C)c(C)c3c2=O)cc1. The molecular formula is C19H20N2O2S. The third-order valence-electron chi connectivity index (χ3n) is 4.28. The lowest BCUT2D eigenvalue weighted by atomic mass is 10.1. The first kappa shape index (κ1) is 16.6. The van der Waals surface area contributed by atoms with E-state index in [1.807, 2.05) is 38.1 Å². The molecule has 0 atom stereocenters.